The van der Waals surface area contributed by atoms with E-state index in [1.54, 1.807) is 60.7 Å². The van der Waals surface area contributed by atoms with Gasteiger partial charge in [0.05, 0.1) is 4.90 Å². The molecule has 0 aliphatic rings. The molecular formula is C21H19N3O5S. The molecule has 0 heterocycles. The summed E-state index contributed by atoms with van der Waals surface area (Å²) >= 11 is 0. The van der Waals surface area contributed by atoms with E-state index in [9.17, 15) is 18.0 Å². The van der Waals surface area contributed by atoms with Crippen molar-refractivity contribution >= 4 is 27.5 Å². The average molecular weight is 425 g/mol. The third-order valence-corrected chi connectivity index (χ3v) is 5.64. The van der Waals surface area contributed by atoms with Crippen LogP contribution in [0.15, 0.2) is 89.8 Å². The van der Waals surface area contributed by atoms with E-state index in [2.05, 4.69) is 10.0 Å². The van der Waals surface area contributed by atoms with Gasteiger partial charge in [0.1, 0.15) is 6.04 Å². The lowest BCUT2D eigenvalue weighted by Gasteiger charge is -2.19. The SMILES string of the molecule is O=C(NO)c1cccc(S(=O)(=O)N[C@H](C(=O)Nc2ccccc2)c2ccccc2)c1. The first-order valence-electron chi connectivity index (χ1n) is 8.88. The van der Waals surface area contributed by atoms with E-state index >= 15 is 0 Å². The van der Waals surface area contributed by atoms with Gasteiger partial charge in [0.25, 0.3) is 5.91 Å². The summed E-state index contributed by atoms with van der Waals surface area (Å²) < 4.78 is 28.3. The van der Waals surface area contributed by atoms with Crippen LogP contribution in [0, 0.1) is 0 Å². The van der Waals surface area contributed by atoms with Crippen molar-refractivity contribution in [3.8, 4) is 0 Å². The summed E-state index contributed by atoms with van der Waals surface area (Å²) in [5.41, 5.74) is 2.36. The molecule has 0 unspecified atom stereocenters. The fourth-order valence-electron chi connectivity index (χ4n) is 2.75. The summed E-state index contributed by atoms with van der Waals surface area (Å²) in [6.45, 7) is 0. The molecule has 4 N–H and O–H groups in total. The summed E-state index contributed by atoms with van der Waals surface area (Å²) in [5.74, 6) is -1.42. The van der Waals surface area contributed by atoms with Crippen LogP contribution in [-0.4, -0.2) is 25.4 Å². The second-order valence-corrected chi connectivity index (χ2v) is 8.00. The molecule has 154 valence electrons. The molecule has 30 heavy (non-hydrogen) atoms. The monoisotopic (exact) mass is 425 g/mol. The lowest BCUT2D eigenvalue weighted by molar-refractivity contribution is -0.117. The highest BCUT2D eigenvalue weighted by atomic mass is 32.2. The van der Waals surface area contributed by atoms with Crippen molar-refractivity contribution < 1.29 is 23.2 Å². The molecule has 0 bridgehead atoms. The van der Waals surface area contributed by atoms with Crippen LogP contribution in [0.5, 0.6) is 0 Å². The Kier molecular flexibility index (Phi) is 6.58. The number of anilines is 1. The number of sulfonamides is 1. The molecule has 0 radical (unpaired) electrons. The molecule has 0 aliphatic heterocycles. The number of hydroxylamine groups is 1. The average Bonchev–Trinajstić information content (AvgIpc) is 2.78. The number of rotatable bonds is 7. The Balaban J connectivity index is 1.92. The van der Waals surface area contributed by atoms with Crippen LogP contribution in [0.3, 0.4) is 0 Å². The zero-order valence-electron chi connectivity index (χ0n) is 15.6. The van der Waals surface area contributed by atoms with Gasteiger partial charge in [-0.3, -0.25) is 14.8 Å². The second kappa shape index (κ2) is 9.31. The molecule has 3 aromatic carbocycles. The first-order chi connectivity index (χ1) is 14.4. The van der Waals surface area contributed by atoms with Crippen molar-refractivity contribution in [2.24, 2.45) is 0 Å². The van der Waals surface area contributed by atoms with Gasteiger partial charge in [0.15, 0.2) is 0 Å². The van der Waals surface area contributed by atoms with Gasteiger partial charge in [-0.1, -0.05) is 54.6 Å². The summed E-state index contributed by atoms with van der Waals surface area (Å²) in [5, 5.41) is 11.5. The topological polar surface area (TPSA) is 125 Å². The third-order valence-electron chi connectivity index (χ3n) is 4.22. The van der Waals surface area contributed by atoms with Gasteiger partial charge >= 0.3 is 0 Å². The number of hydrogen-bond acceptors (Lipinski definition) is 5. The molecule has 0 saturated carbocycles. The van der Waals surface area contributed by atoms with Gasteiger partial charge in [0.2, 0.25) is 15.9 Å². The van der Waals surface area contributed by atoms with Gasteiger partial charge in [-0.15, -0.1) is 0 Å². The van der Waals surface area contributed by atoms with E-state index in [1.807, 2.05) is 0 Å². The number of amides is 2. The minimum absolute atomic E-state index is 0.0506. The molecule has 0 spiro atoms. The standard InChI is InChI=1S/C21H19N3O5S/c25-20(23-27)16-10-7-13-18(14-16)30(28,29)24-19(15-8-3-1-4-9-15)21(26)22-17-11-5-2-6-12-17/h1-14,19,24,27H,(H,22,26)(H,23,25)/t19-/m0/s1. The quantitative estimate of drug-likeness (QED) is 0.342. The molecule has 0 fully saturated rings. The Hall–Kier alpha value is -3.53. The highest BCUT2D eigenvalue weighted by Gasteiger charge is 2.27. The molecule has 0 aromatic heterocycles. The molecule has 8 nitrogen and oxygen atoms in total. The molecule has 9 heteroatoms. The zero-order chi connectivity index (χ0) is 21.6. The van der Waals surface area contributed by atoms with E-state index < -0.39 is 27.9 Å². The Morgan fingerprint density at radius 1 is 0.833 bits per heavy atom. The minimum atomic E-state index is -4.18. The first-order valence-corrected chi connectivity index (χ1v) is 10.4. The highest BCUT2D eigenvalue weighted by Crippen LogP contribution is 2.20. The Bertz CT molecular complexity index is 1140. The predicted molar refractivity (Wildman–Crippen MR) is 110 cm³/mol. The van der Waals surface area contributed by atoms with E-state index in [0.29, 0.717) is 11.3 Å². The molecule has 1 atom stereocenters. The fourth-order valence-corrected chi connectivity index (χ4v) is 3.98. The summed E-state index contributed by atoms with van der Waals surface area (Å²) in [7, 11) is -4.18. The summed E-state index contributed by atoms with van der Waals surface area (Å²) in [4.78, 5) is 24.3. The van der Waals surface area contributed by atoms with Crippen molar-refractivity contribution in [1.29, 1.82) is 0 Å². The van der Waals surface area contributed by atoms with Crippen molar-refractivity contribution in [1.82, 2.24) is 10.2 Å². The molecule has 0 aliphatic carbocycles. The van der Waals surface area contributed by atoms with Gasteiger partial charge in [0, 0.05) is 11.3 Å². The minimum Gasteiger partial charge on any atom is -0.324 e. The van der Waals surface area contributed by atoms with E-state index in [0.717, 1.165) is 6.07 Å². The summed E-state index contributed by atoms with van der Waals surface area (Å²) in [6, 6.07) is 20.9. The van der Waals surface area contributed by atoms with Gasteiger partial charge in [-0.25, -0.2) is 13.9 Å². The maximum Gasteiger partial charge on any atom is 0.274 e. The van der Waals surface area contributed by atoms with Crippen LogP contribution in [0.4, 0.5) is 5.69 Å². The van der Waals surface area contributed by atoms with E-state index in [-0.39, 0.29) is 10.5 Å². The largest absolute Gasteiger partial charge is 0.324 e. The third kappa shape index (κ3) is 5.09. The first kappa shape index (κ1) is 21.2. The Morgan fingerprint density at radius 2 is 1.47 bits per heavy atom. The number of hydrogen-bond donors (Lipinski definition) is 4. The van der Waals surface area contributed by atoms with Crippen LogP contribution in [0.2, 0.25) is 0 Å². The molecule has 3 aromatic rings. The van der Waals surface area contributed by atoms with Crippen molar-refractivity contribution in [2.45, 2.75) is 10.9 Å². The second-order valence-electron chi connectivity index (χ2n) is 6.29. The van der Waals surface area contributed by atoms with E-state index in [1.165, 1.54) is 23.7 Å². The van der Waals surface area contributed by atoms with Crippen LogP contribution in [0.1, 0.15) is 22.0 Å². The number of nitrogens with one attached hydrogen (secondary N) is 3. The highest BCUT2D eigenvalue weighted by molar-refractivity contribution is 7.89. The van der Waals surface area contributed by atoms with Gasteiger partial charge < -0.3 is 5.32 Å². The lowest BCUT2D eigenvalue weighted by atomic mass is 10.1. The number of carbonyl (C=O) groups excluding carboxylic acids is 2. The predicted octanol–water partition coefficient (Wildman–Crippen LogP) is 2.46. The number of para-hydroxylation sites is 1. The molecule has 3 rings (SSSR count). The summed E-state index contributed by atoms with van der Waals surface area (Å²) in [6.07, 6.45) is 0. The zero-order valence-corrected chi connectivity index (χ0v) is 16.5. The maximum absolute atomic E-state index is 13.0. The molecule has 0 saturated heterocycles. The Labute approximate surface area is 173 Å². The normalized spacial score (nSPS) is 12.0. The van der Waals surface area contributed by atoms with Crippen LogP contribution < -0.4 is 15.5 Å². The van der Waals surface area contributed by atoms with Crippen LogP contribution >= 0.6 is 0 Å². The fraction of sp³-hybridized carbons (Fsp3) is 0.0476. The number of benzene rings is 3. The van der Waals surface area contributed by atoms with Crippen molar-refractivity contribution in [2.75, 3.05) is 5.32 Å². The molecule has 2 amide bonds. The Morgan fingerprint density at radius 3 is 2.10 bits per heavy atom. The van der Waals surface area contributed by atoms with Crippen LogP contribution in [0.25, 0.3) is 0 Å². The van der Waals surface area contributed by atoms with Crippen molar-refractivity contribution in [3.05, 3.63) is 96.1 Å². The number of carbonyl (C=O) groups is 2. The van der Waals surface area contributed by atoms with Crippen LogP contribution in [-0.2, 0) is 14.8 Å². The van der Waals surface area contributed by atoms with Gasteiger partial charge in [-0.2, -0.15) is 4.72 Å². The molecular weight excluding hydrogens is 406 g/mol. The van der Waals surface area contributed by atoms with E-state index in [4.69, 9.17) is 5.21 Å². The van der Waals surface area contributed by atoms with Crippen molar-refractivity contribution in [3.63, 3.8) is 0 Å². The smallest absolute Gasteiger partial charge is 0.274 e. The lowest BCUT2D eigenvalue weighted by Crippen LogP contribution is -2.37. The van der Waals surface area contributed by atoms with Gasteiger partial charge in [-0.05, 0) is 35.9 Å². The maximum atomic E-state index is 13.0.